The number of likely N-dealkylation sites (N-methyl/N-ethyl adjacent to an activating group) is 1. The average molecular weight is 560 g/mol. The molecule has 1 amide bonds. The van der Waals surface area contributed by atoms with E-state index in [1.165, 1.54) is 12.8 Å². The van der Waals surface area contributed by atoms with Gasteiger partial charge in [0.05, 0.1) is 31.9 Å². The minimum atomic E-state index is -0.639. The molecular weight excluding hydrogens is 508 g/mol. The molecule has 0 fully saturated rings. The Morgan fingerprint density at radius 3 is 2.45 bits per heavy atom. The highest BCUT2D eigenvalue weighted by atomic mass is 32.1. The van der Waals surface area contributed by atoms with Crippen molar-refractivity contribution in [3.8, 4) is 5.88 Å². The summed E-state index contributed by atoms with van der Waals surface area (Å²) in [4.78, 5) is 24.3. The highest BCUT2D eigenvalue weighted by Gasteiger charge is 2.38. The molecule has 1 aromatic heterocycles. The van der Waals surface area contributed by atoms with E-state index in [4.69, 9.17) is 19.3 Å². The Morgan fingerprint density at radius 1 is 1.16 bits per heavy atom. The molecule has 0 saturated heterocycles. The molecule has 0 saturated carbocycles. The van der Waals surface area contributed by atoms with Crippen LogP contribution in [0.2, 0.25) is 0 Å². The number of amides is 1. The molecule has 2 rings (SSSR count). The predicted octanol–water partition coefficient (Wildman–Crippen LogP) is 5.17. The lowest BCUT2D eigenvalue weighted by molar-refractivity contribution is -0.947. The zero-order valence-corrected chi connectivity index (χ0v) is 25.8. The average Bonchev–Trinajstić information content (AvgIpc) is 3.36. The van der Waals surface area contributed by atoms with Gasteiger partial charge in [-0.3, -0.25) is 4.48 Å². The molecule has 220 valence electrons. The van der Waals surface area contributed by atoms with Crippen LogP contribution in [-0.2, 0) is 14.3 Å². The van der Waals surface area contributed by atoms with E-state index in [0.717, 1.165) is 55.9 Å². The zero-order valence-electron chi connectivity index (χ0n) is 25.0. The van der Waals surface area contributed by atoms with E-state index in [2.05, 4.69) is 34.1 Å². The van der Waals surface area contributed by atoms with Crippen molar-refractivity contribution in [3.63, 3.8) is 0 Å². The fraction of sp³-hybridized carbons (Fsp3) is 0.778. The van der Waals surface area contributed by atoms with Crippen LogP contribution in [0.3, 0.4) is 0 Å². The van der Waals surface area contributed by atoms with Crippen LogP contribution < -0.4 is 10.1 Å². The van der Waals surface area contributed by atoms with Gasteiger partial charge in [0.25, 0.3) is 5.88 Å². The molecule has 10 nitrogen and oxygen atoms in total. The van der Waals surface area contributed by atoms with Crippen molar-refractivity contribution in [2.75, 3.05) is 40.4 Å². The van der Waals surface area contributed by atoms with E-state index in [1.807, 2.05) is 20.8 Å². The van der Waals surface area contributed by atoms with Gasteiger partial charge in [0.1, 0.15) is 24.4 Å². The molecule has 2 heterocycles. The molecule has 0 spiro atoms. The van der Waals surface area contributed by atoms with Gasteiger partial charge in [-0.2, -0.15) is 4.37 Å². The minimum Gasteiger partial charge on any atom is -0.475 e. The van der Waals surface area contributed by atoms with Crippen molar-refractivity contribution < 1.29 is 33.4 Å². The number of nitrogens with zero attached hydrogens (tertiary/aromatic N) is 3. The number of aliphatic hydroxyl groups excluding tert-OH is 1. The Hall–Kier alpha value is -2.24. The summed E-state index contributed by atoms with van der Waals surface area (Å²) in [5, 5.41) is 9.47. The molecule has 0 bridgehead atoms. The van der Waals surface area contributed by atoms with Gasteiger partial charge in [-0.15, -0.1) is 4.37 Å². The van der Waals surface area contributed by atoms with Crippen LogP contribution in [0.5, 0.6) is 5.88 Å². The summed E-state index contributed by atoms with van der Waals surface area (Å²) in [6.45, 7) is 15.4. The number of hydrogen-bond acceptors (Lipinski definition) is 9. The molecule has 0 radical (unpaired) electrons. The summed E-state index contributed by atoms with van der Waals surface area (Å²) in [6.07, 6.45) is 7.22. The first-order chi connectivity index (χ1) is 18.1. The number of hydrogen-bond donors (Lipinski definition) is 2. The number of carbonyl (C=O) groups is 2. The largest absolute Gasteiger partial charge is 0.475 e. The fourth-order valence-corrected chi connectivity index (χ4v) is 4.49. The second kappa shape index (κ2) is 18.9. The van der Waals surface area contributed by atoms with E-state index < -0.39 is 17.7 Å². The van der Waals surface area contributed by atoms with Gasteiger partial charge in [0, 0.05) is 25.5 Å². The number of unbranched alkanes of at least 4 members (excludes halogenated alkanes) is 3. The van der Waals surface area contributed by atoms with Crippen molar-refractivity contribution in [1.29, 1.82) is 0 Å². The third kappa shape index (κ3) is 13.0. The third-order valence-corrected chi connectivity index (χ3v) is 6.16. The van der Waals surface area contributed by atoms with Gasteiger partial charge in [-0.1, -0.05) is 53.0 Å². The summed E-state index contributed by atoms with van der Waals surface area (Å²) in [7, 11) is 3.08. The lowest BCUT2D eigenvalue weighted by Gasteiger charge is -2.42. The van der Waals surface area contributed by atoms with Crippen LogP contribution in [0.1, 0.15) is 92.7 Å². The maximum absolute atomic E-state index is 12.5. The van der Waals surface area contributed by atoms with Crippen LogP contribution in [0.15, 0.2) is 6.08 Å². The molecule has 2 unspecified atom stereocenters. The Labute approximate surface area is 233 Å². The Morgan fingerprint density at radius 2 is 1.84 bits per heavy atom. The number of ether oxygens (including phenoxy) is 3. The first-order valence-electron chi connectivity index (χ1n) is 13.7. The summed E-state index contributed by atoms with van der Waals surface area (Å²) in [5.41, 5.74) is 1.22. The number of nitrogens with one attached hydrogen (secondary N) is 1. The van der Waals surface area contributed by atoms with Crippen LogP contribution in [0.25, 0.3) is 5.57 Å². The molecule has 38 heavy (non-hydrogen) atoms. The maximum Gasteiger partial charge on any atom is 0.408 e. The zero-order chi connectivity index (χ0) is 29.2. The first kappa shape index (κ1) is 35.8. The molecule has 2 atom stereocenters. The number of esters is 1. The van der Waals surface area contributed by atoms with Crippen molar-refractivity contribution in [2.45, 2.75) is 98.8 Å². The van der Waals surface area contributed by atoms with Crippen molar-refractivity contribution in [1.82, 2.24) is 14.1 Å². The molecule has 1 aliphatic heterocycles. The molecular formula is C27H51N4O6S+. The summed E-state index contributed by atoms with van der Waals surface area (Å²) in [5.74, 6) is 0.104. The number of quaternary nitrogens is 1. The molecule has 2 N–H and O–H groups in total. The fourth-order valence-electron chi connectivity index (χ4n) is 3.96. The molecule has 0 aromatic carbocycles. The second-order valence-electron chi connectivity index (χ2n) is 9.91. The van der Waals surface area contributed by atoms with Crippen LogP contribution in [0.4, 0.5) is 4.79 Å². The van der Waals surface area contributed by atoms with E-state index in [-0.39, 0.29) is 12.8 Å². The van der Waals surface area contributed by atoms with Crippen LogP contribution in [-0.4, -0.2) is 82.6 Å². The van der Waals surface area contributed by atoms with Gasteiger partial charge in [-0.25, -0.2) is 9.59 Å². The Bertz CT molecular complexity index is 840. The highest BCUT2D eigenvalue weighted by molar-refractivity contribution is 6.99. The number of aromatic nitrogens is 2. The molecule has 1 aliphatic rings. The topological polar surface area (TPSA) is 120 Å². The smallest absolute Gasteiger partial charge is 0.408 e. The van der Waals surface area contributed by atoms with Crippen LogP contribution >= 0.6 is 11.7 Å². The van der Waals surface area contributed by atoms with Gasteiger partial charge >= 0.3 is 12.1 Å². The number of carbonyl (C=O) groups excluding carboxylic acids is 2. The first-order valence-corrected chi connectivity index (χ1v) is 14.4. The molecule has 11 heteroatoms. The number of alkyl carbamates (subject to hydrolysis) is 1. The van der Waals surface area contributed by atoms with Gasteiger partial charge in [0.2, 0.25) is 6.23 Å². The monoisotopic (exact) mass is 559 g/mol. The van der Waals surface area contributed by atoms with Gasteiger partial charge in [0.15, 0.2) is 0 Å². The second-order valence-corrected chi connectivity index (χ2v) is 10.4. The van der Waals surface area contributed by atoms with Gasteiger partial charge < -0.3 is 24.6 Å². The number of rotatable bonds is 12. The summed E-state index contributed by atoms with van der Waals surface area (Å²) >= 11 is 1.16. The minimum absolute atomic E-state index is 0.236. The Kier molecular flexibility index (Phi) is 17.8. The molecule has 0 aliphatic carbocycles. The van der Waals surface area contributed by atoms with Crippen LogP contribution in [0, 0.1) is 0 Å². The third-order valence-electron chi connectivity index (χ3n) is 5.65. The molecule has 1 aromatic rings. The van der Waals surface area contributed by atoms with Crippen molar-refractivity contribution in [2.24, 2.45) is 0 Å². The van der Waals surface area contributed by atoms with E-state index in [0.29, 0.717) is 29.9 Å². The standard InChI is InChI=1S/C24H40N4O5S.C2H6.CH4O/c1-7-9-10-11-15-31-22-21(26-34-27-22)18-13-12-14-28(6,17-18)19(8-2)32-20(29)16-25-23(30)33-24(3,4)5;2*1-2/h13,19H,7-12,14-17H2,1-6H3;1-2H3;2H,1H3/p+1. The quantitative estimate of drug-likeness (QED) is 0.204. The SMILES string of the molecule is CC.CCCCCCOc1nsnc1C1=CCC[N+](C)(C(CC)OC(=O)CNC(=O)OC(C)(C)C)C1.CO. The lowest BCUT2D eigenvalue weighted by atomic mass is 10.0. The Balaban J connectivity index is 0.00000326. The number of aliphatic hydroxyl groups is 1. The van der Waals surface area contributed by atoms with E-state index >= 15 is 0 Å². The summed E-state index contributed by atoms with van der Waals surface area (Å²) < 4.78 is 26.3. The van der Waals surface area contributed by atoms with Crippen molar-refractivity contribution in [3.05, 3.63) is 11.8 Å². The van der Waals surface area contributed by atoms with E-state index in [9.17, 15) is 9.59 Å². The normalized spacial score (nSPS) is 17.5. The summed E-state index contributed by atoms with van der Waals surface area (Å²) in [6, 6.07) is 0. The lowest BCUT2D eigenvalue weighted by Crippen LogP contribution is -2.56. The predicted molar refractivity (Wildman–Crippen MR) is 152 cm³/mol. The maximum atomic E-state index is 12.5. The van der Waals surface area contributed by atoms with Crippen molar-refractivity contribution >= 4 is 29.4 Å². The van der Waals surface area contributed by atoms with E-state index in [1.54, 1.807) is 20.8 Å². The van der Waals surface area contributed by atoms with Gasteiger partial charge in [-0.05, 0) is 27.2 Å². The highest BCUT2D eigenvalue weighted by Crippen LogP contribution is 2.32.